The highest BCUT2D eigenvalue weighted by Gasteiger charge is 2.31. The Bertz CT molecular complexity index is 549. The number of aliphatic carboxylic acids is 1. The van der Waals surface area contributed by atoms with Crippen molar-refractivity contribution >= 4 is 17.8 Å². The van der Waals surface area contributed by atoms with E-state index in [0.29, 0.717) is 12.1 Å². The highest BCUT2D eigenvalue weighted by molar-refractivity contribution is 5.92. The molecule has 0 unspecified atom stereocenters. The molecule has 0 atom stereocenters. The Labute approximate surface area is 123 Å². The minimum Gasteiger partial charge on any atom is -0.481 e. The predicted octanol–water partition coefficient (Wildman–Crippen LogP) is 1.24. The van der Waals surface area contributed by atoms with Crippen LogP contribution < -0.4 is 5.73 Å². The number of hydrogen-bond acceptors (Lipinski definition) is 3. The number of carboxylic acid groups (broad SMARTS) is 1. The quantitative estimate of drug-likeness (QED) is 0.823. The number of amides is 2. The maximum absolute atomic E-state index is 12.0. The molecule has 0 spiro atoms. The zero-order valence-corrected chi connectivity index (χ0v) is 12.4. The summed E-state index contributed by atoms with van der Waals surface area (Å²) in [5, 5.41) is 9.03. The predicted molar refractivity (Wildman–Crippen MR) is 77.5 cm³/mol. The molecule has 114 valence electrons. The van der Waals surface area contributed by atoms with Gasteiger partial charge in [-0.1, -0.05) is 12.1 Å². The van der Waals surface area contributed by atoms with E-state index in [4.69, 9.17) is 10.8 Å². The summed E-state index contributed by atoms with van der Waals surface area (Å²) >= 11 is 0. The van der Waals surface area contributed by atoms with Crippen LogP contribution in [0.3, 0.4) is 0 Å². The molecule has 0 saturated heterocycles. The lowest BCUT2D eigenvalue weighted by atomic mass is 9.89. The number of rotatable bonds is 6. The molecule has 0 saturated carbocycles. The SMILES string of the molecule is CN(Cc1ccc(C(N)=O)cc1)C(=O)CC(C)(C)C(=O)O. The van der Waals surface area contributed by atoms with Gasteiger partial charge in [0.05, 0.1) is 5.41 Å². The van der Waals surface area contributed by atoms with Crippen molar-refractivity contribution < 1.29 is 19.5 Å². The summed E-state index contributed by atoms with van der Waals surface area (Å²) in [5.41, 5.74) is 5.30. The van der Waals surface area contributed by atoms with E-state index < -0.39 is 17.3 Å². The Morgan fingerprint density at radius 3 is 2.14 bits per heavy atom. The zero-order chi connectivity index (χ0) is 16.2. The first-order chi connectivity index (χ1) is 9.63. The molecule has 21 heavy (non-hydrogen) atoms. The highest BCUT2D eigenvalue weighted by atomic mass is 16.4. The normalized spacial score (nSPS) is 11.0. The molecule has 0 aliphatic rings. The average Bonchev–Trinajstić information content (AvgIpc) is 2.38. The van der Waals surface area contributed by atoms with Gasteiger partial charge in [0, 0.05) is 25.6 Å². The van der Waals surface area contributed by atoms with Crippen LogP contribution in [0.4, 0.5) is 0 Å². The van der Waals surface area contributed by atoms with Crippen molar-refractivity contribution in [1.29, 1.82) is 0 Å². The van der Waals surface area contributed by atoms with E-state index in [1.165, 1.54) is 18.7 Å². The number of benzene rings is 1. The lowest BCUT2D eigenvalue weighted by Crippen LogP contribution is -2.34. The van der Waals surface area contributed by atoms with Crippen molar-refractivity contribution in [2.75, 3.05) is 7.05 Å². The standard InChI is InChI=1S/C15H20N2O4/c1-15(2,14(20)21)8-12(18)17(3)9-10-4-6-11(7-5-10)13(16)19/h4-7H,8-9H2,1-3H3,(H2,16,19)(H,20,21). The van der Waals surface area contributed by atoms with Crippen molar-refractivity contribution in [2.24, 2.45) is 11.1 Å². The Hall–Kier alpha value is -2.37. The summed E-state index contributed by atoms with van der Waals surface area (Å²) in [6.07, 6.45) is -0.0712. The fourth-order valence-electron chi connectivity index (χ4n) is 1.73. The van der Waals surface area contributed by atoms with Gasteiger partial charge in [-0.2, -0.15) is 0 Å². The number of nitrogens with two attached hydrogens (primary N) is 1. The number of carboxylic acids is 1. The van der Waals surface area contributed by atoms with Crippen LogP contribution in [0.1, 0.15) is 36.2 Å². The summed E-state index contributed by atoms with van der Waals surface area (Å²) in [4.78, 5) is 35.5. The van der Waals surface area contributed by atoms with Crippen LogP contribution in [0.15, 0.2) is 24.3 Å². The Kier molecular flexibility index (Phi) is 5.07. The third-order valence-corrected chi connectivity index (χ3v) is 3.26. The number of nitrogens with zero attached hydrogens (tertiary/aromatic N) is 1. The molecule has 0 bridgehead atoms. The van der Waals surface area contributed by atoms with Crippen LogP contribution in [0.25, 0.3) is 0 Å². The zero-order valence-electron chi connectivity index (χ0n) is 12.4. The Morgan fingerprint density at radius 2 is 1.71 bits per heavy atom. The van der Waals surface area contributed by atoms with Crippen molar-refractivity contribution in [1.82, 2.24) is 4.90 Å². The van der Waals surface area contributed by atoms with Crippen LogP contribution in [0, 0.1) is 5.41 Å². The second-order valence-corrected chi connectivity index (χ2v) is 5.68. The van der Waals surface area contributed by atoms with Crippen molar-refractivity contribution in [2.45, 2.75) is 26.8 Å². The van der Waals surface area contributed by atoms with E-state index in [2.05, 4.69) is 0 Å². The minimum atomic E-state index is -1.10. The summed E-state index contributed by atoms with van der Waals surface area (Å²) in [6, 6.07) is 6.62. The molecule has 6 heteroatoms. The largest absolute Gasteiger partial charge is 0.481 e. The van der Waals surface area contributed by atoms with Crippen LogP contribution in [-0.2, 0) is 16.1 Å². The second kappa shape index (κ2) is 6.39. The smallest absolute Gasteiger partial charge is 0.309 e. The van der Waals surface area contributed by atoms with E-state index in [0.717, 1.165) is 5.56 Å². The van der Waals surface area contributed by atoms with E-state index >= 15 is 0 Å². The molecular formula is C15H20N2O4. The lowest BCUT2D eigenvalue weighted by Gasteiger charge is -2.23. The second-order valence-electron chi connectivity index (χ2n) is 5.68. The maximum Gasteiger partial charge on any atom is 0.309 e. The molecule has 3 N–H and O–H groups in total. The van der Waals surface area contributed by atoms with Crippen molar-refractivity contribution in [3.05, 3.63) is 35.4 Å². The van der Waals surface area contributed by atoms with Crippen molar-refractivity contribution in [3.63, 3.8) is 0 Å². The van der Waals surface area contributed by atoms with Gasteiger partial charge in [-0.15, -0.1) is 0 Å². The van der Waals surface area contributed by atoms with E-state index in [9.17, 15) is 14.4 Å². The molecule has 1 aromatic carbocycles. The fourth-order valence-corrected chi connectivity index (χ4v) is 1.73. The molecule has 0 aliphatic carbocycles. The topological polar surface area (TPSA) is 101 Å². The molecule has 0 aliphatic heterocycles. The van der Waals surface area contributed by atoms with Crippen LogP contribution >= 0.6 is 0 Å². The number of hydrogen-bond donors (Lipinski definition) is 2. The summed E-state index contributed by atoms with van der Waals surface area (Å²) in [5.74, 6) is -1.76. The number of carbonyl (C=O) groups is 3. The lowest BCUT2D eigenvalue weighted by molar-refractivity contribution is -0.151. The molecule has 1 aromatic rings. The van der Waals surface area contributed by atoms with Gasteiger partial charge in [-0.05, 0) is 31.5 Å². The van der Waals surface area contributed by atoms with E-state index in [-0.39, 0.29) is 12.3 Å². The van der Waals surface area contributed by atoms with Gasteiger partial charge >= 0.3 is 5.97 Å². The number of carbonyl (C=O) groups excluding carboxylic acids is 2. The third-order valence-electron chi connectivity index (χ3n) is 3.26. The monoisotopic (exact) mass is 292 g/mol. The van der Waals surface area contributed by atoms with Gasteiger partial charge in [0.2, 0.25) is 11.8 Å². The van der Waals surface area contributed by atoms with Gasteiger partial charge in [-0.25, -0.2) is 0 Å². The molecule has 0 radical (unpaired) electrons. The number of primary amides is 1. The molecule has 2 amide bonds. The molecule has 0 fully saturated rings. The first-order valence-electron chi connectivity index (χ1n) is 6.49. The van der Waals surface area contributed by atoms with E-state index in [1.54, 1.807) is 31.3 Å². The highest BCUT2D eigenvalue weighted by Crippen LogP contribution is 2.22. The van der Waals surface area contributed by atoms with Gasteiger partial charge in [-0.3, -0.25) is 14.4 Å². The first-order valence-corrected chi connectivity index (χ1v) is 6.49. The van der Waals surface area contributed by atoms with Crippen LogP contribution in [0.2, 0.25) is 0 Å². The maximum atomic E-state index is 12.0. The summed E-state index contributed by atoms with van der Waals surface area (Å²) in [7, 11) is 1.61. The molecular weight excluding hydrogens is 272 g/mol. The summed E-state index contributed by atoms with van der Waals surface area (Å²) in [6.45, 7) is 3.37. The molecule has 1 rings (SSSR count). The van der Waals surface area contributed by atoms with Crippen molar-refractivity contribution in [3.8, 4) is 0 Å². The molecule has 0 heterocycles. The summed E-state index contributed by atoms with van der Waals surface area (Å²) < 4.78 is 0. The van der Waals surface area contributed by atoms with E-state index in [1.807, 2.05) is 0 Å². The van der Waals surface area contributed by atoms with Crippen LogP contribution in [-0.4, -0.2) is 34.8 Å². The minimum absolute atomic E-state index is 0.0712. The van der Waals surface area contributed by atoms with Gasteiger partial charge in [0.25, 0.3) is 0 Å². The molecule has 0 aromatic heterocycles. The third kappa shape index (κ3) is 4.59. The Balaban J connectivity index is 2.68. The Morgan fingerprint density at radius 1 is 1.19 bits per heavy atom. The van der Waals surface area contributed by atoms with Gasteiger partial charge in [0.15, 0.2) is 0 Å². The van der Waals surface area contributed by atoms with Crippen LogP contribution in [0.5, 0.6) is 0 Å². The molecule has 6 nitrogen and oxygen atoms in total. The van der Waals surface area contributed by atoms with Gasteiger partial charge in [0.1, 0.15) is 0 Å². The first kappa shape index (κ1) is 16.7. The average molecular weight is 292 g/mol. The fraction of sp³-hybridized carbons (Fsp3) is 0.400. The van der Waals surface area contributed by atoms with Gasteiger partial charge < -0.3 is 15.7 Å².